The molecule has 0 unspecified atom stereocenters. The topological polar surface area (TPSA) is 50.4 Å². The second-order valence-electron chi connectivity index (χ2n) is 5.93. The molecule has 5 heteroatoms. The Morgan fingerprint density at radius 2 is 2.04 bits per heavy atom. The van der Waals surface area contributed by atoms with Crippen LogP contribution in [-0.4, -0.2) is 18.5 Å². The first kappa shape index (κ1) is 16.8. The summed E-state index contributed by atoms with van der Waals surface area (Å²) in [7, 11) is 0. The minimum Gasteiger partial charge on any atom is -0.489 e. The number of carbonyl (C=O) groups excluding carboxylic acids is 1. The van der Waals surface area contributed by atoms with E-state index < -0.39 is 0 Å². The van der Waals surface area contributed by atoms with E-state index in [1.807, 2.05) is 48.5 Å². The van der Waals surface area contributed by atoms with Gasteiger partial charge in [0, 0.05) is 11.6 Å². The maximum Gasteiger partial charge on any atom is 0.237 e. The van der Waals surface area contributed by atoms with Crippen LogP contribution >= 0.6 is 11.6 Å². The van der Waals surface area contributed by atoms with Crippen LogP contribution in [0, 0.1) is 0 Å². The monoisotopic (exact) mass is 344 g/mol. The predicted octanol–water partition coefficient (Wildman–Crippen LogP) is 3.29. The summed E-state index contributed by atoms with van der Waals surface area (Å²) in [4.78, 5) is 12.0. The van der Waals surface area contributed by atoms with Gasteiger partial charge in [0.15, 0.2) is 0 Å². The molecule has 2 aromatic rings. The molecule has 0 bridgehead atoms. The van der Waals surface area contributed by atoms with Crippen molar-refractivity contribution in [3.05, 3.63) is 64.7 Å². The Morgan fingerprint density at radius 1 is 1.21 bits per heavy atom. The maximum atomic E-state index is 12.0. The summed E-state index contributed by atoms with van der Waals surface area (Å²) in [6, 6.07) is 15.3. The third-order valence-electron chi connectivity index (χ3n) is 4.04. The van der Waals surface area contributed by atoms with Crippen LogP contribution in [0.4, 0.5) is 0 Å². The van der Waals surface area contributed by atoms with Crippen LogP contribution in [0.2, 0.25) is 5.02 Å². The largest absolute Gasteiger partial charge is 0.489 e. The molecule has 1 fully saturated rings. The molecule has 1 aliphatic heterocycles. The van der Waals surface area contributed by atoms with Crippen LogP contribution in [-0.2, 0) is 17.9 Å². The van der Waals surface area contributed by atoms with Crippen molar-refractivity contribution in [1.29, 1.82) is 0 Å². The molecule has 0 radical (unpaired) electrons. The summed E-state index contributed by atoms with van der Waals surface area (Å²) < 4.78 is 5.81. The van der Waals surface area contributed by atoms with Gasteiger partial charge in [-0.05, 0) is 54.8 Å². The number of halogens is 1. The van der Waals surface area contributed by atoms with E-state index in [1.165, 1.54) is 0 Å². The second-order valence-corrected chi connectivity index (χ2v) is 6.37. The van der Waals surface area contributed by atoms with Crippen molar-refractivity contribution in [2.75, 3.05) is 6.54 Å². The Bertz CT molecular complexity index is 699. The van der Waals surface area contributed by atoms with Crippen molar-refractivity contribution in [2.24, 2.45) is 0 Å². The molecule has 1 saturated heterocycles. The van der Waals surface area contributed by atoms with E-state index in [1.54, 1.807) is 0 Å². The van der Waals surface area contributed by atoms with Crippen molar-refractivity contribution in [3.8, 4) is 5.75 Å². The number of hydrogen-bond acceptors (Lipinski definition) is 3. The second kappa shape index (κ2) is 8.18. The first-order valence-corrected chi connectivity index (χ1v) is 8.56. The molecular weight excluding hydrogens is 324 g/mol. The summed E-state index contributed by atoms with van der Waals surface area (Å²) in [5, 5.41) is 6.88. The lowest BCUT2D eigenvalue weighted by Crippen LogP contribution is -2.39. The Morgan fingerprint density at radius 3 is 2.83 bits per heavy atom. The zero-order valence-corrected chi connectivity index (χ0v) is 14.2. The molecule has 2 N–H and O–H groups in total. The average molecular weight is 345 g/mol. The minimum absolute atomic E-state index is 0.0488. The number of benzene rings is 2. The standard InChI is InChI=1S/C19H21ClN2O2/c20-16-6-1-5-15(10-16)13-24-17-7-2-4-14(11-17)12-22-19(23)18-8-3-9-21-18/h1-2,4-7,10-11,18,21H,3,8-9,12-13H2,(H,22,23)/t18-/m0/s1. The highest BCUT2D eigenvalue weighted by molar-refractivity contribution is 6.30. The van der Waals surface area contributed by atoms with Crippen LogP contribution < -0.4 is 15.4 Å². The average Bonchev–Trinajstić information content (AvgIpc) is 3.13. The molecule has 1 aliphatic rings. The van der Waals surface area contributed by atoms with Gasteiger partial charge in [-0.1, -0.05) is 35.9 Å². The number of rotatable bonds is 6. The van der Waals surface area contributed by atoms with E-state index in [-0.39, 0.29) is 11.9 Å². The summed E-state index contributed by atoms with van der Waals surface area (Å²) in [6.07, 6.45) is 1.97. The van der Waals surface area contributed by atoms with Crippen LogP contribution in [0.3, 0.4) is 0 Å². The Hall–Kier alpha value is -2.04. The van der Waals surface area contributed by atoms with Gasteiger partial charge in [0.2, 0.25) is 5.91 Å². The van der Waals surface area contributed by atoms with Gasteiger partial charge < -0.3 is 15.4 Å². The molecule has 3 rings (SSSR count). The van der Waals surface area contributed by atoms with Crippen LogP contribution in [0.5, 0.6) is 5.75 Å². The molecule has 1 heterocycles. The first-order chi connectivity index (χ1) is 11.7. The summed E-state index contributed by atoms with van der Waals surface area (Å²) in [6.45, 7) is 1.89. The minimum atomic E-state index is -0.0488. The fourth-order valence-corrected chi connectivity index (χ4v) is 2.97. The first-order valence-electron chi connectivity index (χ1n) is 8.18. The number of nitrogens with one attached hydrogen (secondary N) is 2. The highest BCUT2D eigenvalue weighted by Gasteiger charge is 2.21. The maximum absolute atomic E-state index is 12.0. The van der Waals surface area contributed by atoms with Gasteiger partial charge in [-0.3, -0.25) is 4.79 Å². The lowest BCUT2D eigenvalue weighted by molar-refractivity contribution is -0.122. The number of hydrogen-bond donors (Lipinski definition) is 2. The lowest BCUT2D eigenvalue weighted by Gasteiger charge is -2.12. The quantitative estimate of drug-likeness (QED) is 0.845. The van der Waals surface area contributed by atoms with Crippen LogP contribution in [0.15, 0.2) is 48.5 Å². The predicted molar refractivity (Wildman–Crippen MR) is 95.1 cm³/mol. The Labute approximate surface area is 147 Å². The van der Waals surface area contributed by atoms with Gasteiger partial charge in [0.1, 0.15) is 12.4 Å². The molecular formula is C19H21ClN2O2. The van der Waals surface area contributed by atoms with E-state index in [9.17, 15) is 4.79 Å². The van der Waals surface area contributed by atoms with E-state index in [4.69, 9.17) is 16.3 Å². The van der Waals surface area contributed by atoms with Gasteiger partial charge >= 0.3 is 0 Å². The molecule has 24 heavy (non-hydrogen) atoms. The van der Waals surface area contributed by atoms with Gasteiger partial charge in [0.05, 0.1) is 6.04 Å². The highest BCUT2D eigenvalue weighted by atomic mass is 35.5. The molecule has 0 aromatic heterocycles. The van der Waals surface area contributed by atoms with Crippen molar-refractivity contribution >= 4 is 17.5 Å². The van der Waals surface area contributed by atoms with E-state index in [2.05, 4.69) is 10.6 Å². The summed E-state index contributed by atoms with van der Waals surface area (Å²) in [5.41, 5.74) is 2.04. The van der Waals surface area contributed by atoms with Gasteiger partial charge in [-0.2, -0.15) is 0 Å². The zero-order valence-electron chi connectivity index (χ0n) is 13.4. The van der Waals surface area contributed by atoms with Crippen LogP contribution in [0.1, 0.15) is 24.0 Å². The molecule has 1 amide bonds. The van der Waals surface area contributed by atoms with Crippen LogP contribution in [0.25, 0.3) is 0 Å². The van der Waals surface area contributed by atoms with Crippen molar-refractivity contribution < 1.29 is 9.53 Å². The van der Waals surface area contributed by atoms with Crippen molar-refractivity contribution in [3.63, 3.8) is 0 Å². The fraction of sp³-hybridized carbons (Fsp3) is 0.316. The third-order valence-corrected chi connectivity index (χ3v) is 4.27. The summed E-state index contributed by atoms with van der Waals surface area (Å²) >= 11 is 5.98. The van der Waals surface area contributed by atoms with E-state index >= 15 is 0 Å². The number of ether oxygens (including phenoxy) is 1. The van der Waals surface area contributed by atoms with Gasteiger partial charge in [-0.15, -0.1) is 0 Å². The zero-order chi connectivity index (χ0) is 16.8. The molecule has 0 saturated carbocycles. The highest BCUT2D eigenvalue weighted by Crippen LogP contribution is 2.17. The van der Waals surface area contributed by atoms with E-state index in [0.717, 1.165) is 36.3 Å². The third kappa shape index (κ3) is 4.73. The fourth-order valence-electron chi connectivity index (χ4n) is 2.76. The van der Waals surface area contributed by atoms with Crippen molar-refractivity contribution in [1.82, 2.24) is 10.6 Å². The molecule has 1 atom stereocenters. The number of amides is 1. The van der Waals surface area contributed by atoms with Gasteiger partial charge in [-0.25, -0.2) is 0 Å². The smallest absolute Gasteiger partial charge is 0.237 e. The van der Waals surface area contributed by atoms with E-state index in [0.29, 0.717) is 18.2 Å². The molecule has 4 nitrogen and oxygen atoms in total. The molecule has 0 spiro atoms. The molecule has 2 aromatic carbocycles. The summed E-state index contributed by atoms with van der Waals surface area (Å²) in [5.74, 6) is 0.846. The Kier molecular flexibility index (Phi) is 5.72. The lowest BCUT2D eigenvalue weighted by atomic mass is 10.2. The van der Waals surface area contributed by atoms with Crippen molar-refractivity contribution in [2.45, 2.75) is 32.0 Å². The van der Waals surface area contributed by atoms with Gasteiger partial charge in [0.25, 0.3) is 0 Å². The molecule has 126 valence electrons. The SMILES string of the molecule is O=C(NCc1cccc(OCc2cccc(Cl)c2)c1)[C@@H]1CCCN1. The number of carbonyl (C=O) groups is 1. The normalized spacial score (nSPS) is 16.8. The molecule has 0 aliphatic carbocycles. The Balaban J connectivity index is 1.52.